The lowest BCUT2D eigenvalue weighted by molar-refractivity contribution is 0.378. The molecule has 56 valence electrons. The van der Waals surface area contributed by atoms with Crippen molar-refractivity contribution in [2.75, 3.05) is 0 Å². The number of nitrogens with zero attached hydrogens (tertiary/aromatic N) is 1. The number of hydrogen-bond donors (Lipinski definition) is 4. The van der Waals surface area contributed by atoms with Crippen molar-refractivity contribution in [3.63, 3.8) is 0 Å². The summed E-state index contributed by atoms with van der Waals surface area (Å²) in [7, 11) is 0. The normalized spacial score (nSPS) is 24.4. The van der Waals surface area contributed by atoms with Crippen molar-refractivity contribution in [3.8, 4) is 0 Å². The molecular weight excluding hydrogens is 132 g/mol. The fourth-order valence-corrected chi connectivity index (χ4v) is 0.738. The molecule has 1 unspecified atom stereocenters. The van der Waals surface area contributed by atoms with Crippen molar-refractivity contribution in [1.82, 2.24) is 10.7 Å². The maximum absolute atomic E-state index is 8.95. The monoisotopic (exact) mass is 142 g/mol. The highest BCUT2D eigenvalue weighted by molar-refractivity contribution is 5.81. The molecule has 1 aliphatic heterocycles. The van der Waals surface area contributed by atoms with Crippen LogP contribution in [0.25, 0.3) is 0 Å². The summed E-state index contributed by atoms with van der Waals surface area (Å²) < 4.78 is 0. The maximum atomic E-state index is 8.95. The van der Waals surface area contributed by atoms with E-state index in [4.69, 9.17) is 10.9 Å². The van der Waals surface area contributed by atoms with Gasteiger partial charge in [-0.3, -0.25) is 10.7 Å². The molecule has 0 spiro atoms. The third kappa shape index (κ3) is 1.38. The van der Waals surface area contributed by atoms with Crippen LogP contribution in [0.5, 0.6) is 0 Å². The molecule has 0 saturated carbocycles. The summed E-state index contributed by atoms with van der Waals surface area (Å²) in [5.41, 5.74) is 2.30. The van der Waals surface area contributed by atoms with Gasteiger partial charge in [-0.15, -0.1) is 0 Å². The fraction of sp³-hybridized carbons (Fsp3) is 0.400. The zero-order valence-corrected chi connectivity index (χ0v) is 5.63. The van der Waals surface area contributed by atoms with Gasteiger partial charge in [-0.25, -0.2) is 10.8 Å². The molecule has 0 saturated heterocycles. The first kappa shape index (κ1) is 6.88. The number of hydrazine groups is 1. The summed E-state index contributed by atoms with van der Waals surface area (Å²) in [4.78, 5) is 3.98. The molecule has 0 aromatic rings. The van der Waals surface area contributed by atoms with E-state index in [1.165, 1.54) is 0 Å². The molecule has 5 heteroatoms. The molecule has 10 heavy (non-hydrogen) atoms. The second kappa shape index (κ2) is 2.57. The smallest absolute Gasteiger partial charge is 0.213 e. The first-order valence-electron chi connectivity index (χ1n) is 2.94. The van der Waals surface area contributed by atoms with Gasteiger partial charge in [0.25, 0.3) is 0 Å². The molecule has 0 aliphatic carbocycles. The van der Waals surface area contributed by atoms with E-state index in [1.54, 1.807) is 6.08 Å². The molecule has 0 aromatic heterocycles. The number of nitrogens with one attached hydrogen (secondary N) is 2. The van der Waals surface area contributed by atoms with Crippen LogP contribution in [0.3, 0.4) is 0 Å². The highest BCUT2D eigenvalue weighted by Gasteiger charge is 2.08. The minimum Gasteiger partial charge on any atom is -0.495 e. The first-order chi connectivity index (χ1) is 4.72. The molecule has 0 amide bonds. The van der Waals surface area contributed by atoms with Crippen LogP contribution < -0.4 is 16.6 Å². The van der Waals surface area contributed by atoms with Crippen LogP contribution in [0, 0.1) is 0 Å². The topological polar surface area (TPSA) is 82.7 Å². The summed E-state index contributed by atoms with van der Waals surface area (Å²) in [6.07, 6.45) is 1.58. The van der Waals surface area contributed by atoms with E-state index in [2.05, 4.69) is 15.7 Å². The summed E-state index contributed by atoms with van der Waals surface area (Å²) in [5.74, 6) is 5.51. The Hall–Kier alpha value is -1.23. The molecular formula is C5H10N4O. The molecule has 5 nitrogen and oxygen atoms in total. The SMILES string of the molecule is CC1C=C(O)NC(NN)=N1. The summed E-state index contributed by atoms with van der Waals surface area (Å²) in [5, 5.41) is 11.5. The Morgan fingerprint density at radius 2 is 2.60 bits per heavy atom. The van der Waals surface area contributed by atoms with Gasteiger partial charge in [0.1, 0.15) is 0 Å². The molecule has 0 aromatic carbocycles. The third-order valence-corrected chi connectivity index (χ3v) is 1.11. The van der Waals surface area contributed by atoms with Gasteiger partial charge in [-0.1, -0.05) is 0 Å². The number of rotatable bonds is 0. The van der Waals surface area contributed by atoms with Crippen molar-refractivity contribution in [1.29, 1.82) is 0 Å². The van der Waals surface area contributed by atoms with Crippen LogP contribution in [0.2, 0.25) is 0 Å². The predicted molar refractivity (Wildman–Crippen MR) is 38.1 cm³/mol. The molecule has 0 bridgehead atoms. The van der Waals surface area contributed by atoms with E-state index < -0.39 is 0 Å². The Morgan fingerprint density at radius 1 is 1.90 bits per heavy atom. The van der Waals surface area contributed by atoms with E-state index in [0.717, 1.165) is 0 Å². The van der Waals surface area contributed by atoms with Crippen LogP contribution in [0.1, 0.15) is 6.92 Å². The van der Waals surface area contributed by atoms with Crippen molar-refractivity contribution < 1.29 is 5.11 Å². The van der Waals surface area contributed by atoms with Crippen molar-refractivity contribution in [2.45, 2.75) is 13.0 Å². The zero-order valence-electron chi connectivity index (χ0n) is 5.63. The highest BCUT2D eigenvalue weighted by atomic mass is 16.3. The number of aliphatic hydroxyl groups is 1. The minimum atomic E-state index is -0.0349. The van der Waals surface area contributed by atoms with Gasteiger partial charge in [-0.05, 0) is 6.92 Å². The summed E-state index contributed by atoms with van der Waals surface area (Å²) in [6.45, 7) is 1.84. The maximum Gasteiger partial charge on any atom is 0.213 e. The van der Waals surface area contributed by atoms with Crippen molar-refractivity contribution in [3.05, 3.63) is 12.0 Å². The van der Waals surface area contributed by atoms with E-state index in [0.29, 0.717) is 5.96 Å². The Kier molecular flexibility index (Phi) is 1.77. The zero-order chi connectivity index (χ0) is 7.56. The Morgan fingerprint density at radius 3 is 3.10 bits per heavy atom. The van der Waals surface area contributed by atoms with Crippen LogP contribution in [0.15, 0.2) is 17.0 Å². The average molecular weight is 142 g/mol. The van der Waals surface area contributed by atoms with Crippen LogP contribution >= 0.6 is 0 Å². The van der Waals surface area contributed by atoms with Gasteiger partial charge in [0.2, 0.25) is 5.96 Å². The van der Waals surface area contributed by atoms with Gasteiger partial charge in [0.15, 0.2) is 5.88 Å². The van der Waals surface area contributed by atoms with Crippen molar-refractivity contribution >= 4 is 5.96 Å². The molecule has 0 radical (unpaired) electrons. The van der Waals surface area contributed by atoms with Gasteiger partial charge in [0.05, 0.1) is 6.04 Å². The number of nitrogens with two attached hydrogens (primary N) is 1. The lowest BCUT2D eigenvalue weighted by Gasteiger charge is -2.14. The number of hydrogen-bond acceptors (Lipinski definition) is 5. The first-order valence-corrected chi connectivity index (χ1v) is 2.94. The van der Waals surface area contributed by atoms with E-state index >= 15 is 0 Å². The predicted octanol–water partition coefficient (Wildman–Crippen LogP) is -0.803. The Bertz CT molecular complexity index is 186. The molecule has 0 fully saturated rings. The third-order valence-electron chi connectivity index (χ3n) is 1.11. The largest absolute Gasteiger partial charge is 0.495 e. The van der Waals surface area contributed by atoms with E-state index in [1.807, 2.05) is 6.92 Å². The van der Waals surface area contributed by atoms with Crippen LogP contribution in [-0.4, -0.2) is 17.1 Å². The summed E-state index contributed by atoms with van der Waals surface area (Å²) >= 11 is 0. The molecule has 1 heterocycles. The molecule has 1 aliphatic rings. The van der Waals surface area contributed by atoms with Gasteiger partial charge in [0, 0.05) is 6.08 Å². The molecule has 1 rings (SSSR count). The summed E-state index contributed by atoms with van der Waals surface area (Å²) in [6, 6.07) is -0.0349. The van der Waals surface area contributed by atoms with Gasteiger partial charge < -0.3 is 5.11 Å². The molecule has 5 N–H and O–H groups in total. The number of aliphatic imine (C=N–C) groups is 1. The van der Waals surface area contributed by atoms with E-state index in [-0.39, 0.29) is 11.9 Å². The molecule has 1 atom stereocenters. The van der Waals surface area contributed by atoms with Crippen LogP contribution in [-0.2, 0) is 0 Å². The van der Waals surface area contributed by atoms with Crippen molar-refractivity contribution in [2.24, 2.45) is 10.8 Å². The number of aliphatic hydroxyl groups excluding tert-OH is 1. The average Bonchev–Trinajstić information content (AvgIpc) is 1.85. The Labute approximate surface area is 58.6 Å². The van der Waals surface area contributed by atoms with Crippen LogP contribution in [0.4, 0.5) is 0 Å². The second-order valence-corrected chi connectivity index (χ2v) is 2.04. The quantitative estimate of drug-likeness (QED) is 0.263. The minimum absolute atomic E-state index is 0.0349. The fourth-order valence-electron chi connectivity index (χ4n) is 0.738. The lowest BCUT2D eigenvalue weighted by atomic mass is 10.3. The lowest BCUT2D eigenvalue weighted by Crippen LogP contribution is -2.43. The number of guanidine groups is 1. The standard InChI is InChI=1S/C5H10N4O/c1-3-2-4(10)8-5(7-3)9-6/h2-3,10H,6H2,1H3,(H2,7,8,9). The van der Waals surface area contributed by atoms with Gasteiger partial charge >= 0.3 is 0 Å². The van der Waals surface area contributed by atoms with Gasteiger partial charge in [-0.2, -0.15) is 0 Å². The van der Waals surface area contributed by atoms with E-state index in [9.17, 15) is 0 Å². The highest BCUT2D eigenvalue weighted by Crippen LogP contribution is 1.99. The second-order valence-electron chi connectivity index (χ2n) is 2.04. The Balaban J connectivity index is 2.65.